The number of ketones is 1. The molecule has 33 heavy (non-hydrogen) atoms. The molecule has 2 aromatic carbocycles. The normalized spacial score (nSPS) is 17.5. The fourth-order valence-corrected chi connectivity index (χ4v) is 4.80. The van der Waals surface area contributed by atoms with E-state index in [1.165, 1.54) is 0 Å². The largest absolute Gasteiger partial charge is 0.493 e. The van der Waals surface area contributed by atoms with Crippen LogP contribution in [-0.4, -0.2) is 53.8 Å². The summed E-state index contributed by atoms with van der Waals surface area (Å²) in [5, 5.41) is 8.42. The van der Waals surface area contributed by atoms with Crippen molar-refractivity contribution in [2.75, 3.05) is 27.3 Å². The van der Waals surface area contributed by atoms with E-state index in [9.17, 15) is 4.79 Å². The zero-order valence-corrected chi connectivity index (χ0v) is 20.1. The van der Waals surface area contributed by atoms with Gasteiger partial charge in [-0.3, -0.25) is 9.69 Å². The summed E-state index contributed by atoms with van der Waals surface area (Å²) in [6.45, 7) is 2.11. The van der Waals surface area contributed by atoms with Gasteiger partial charge < -0.3 is 18.6 Å². The molecule has 3 heterocycles. The molecule has 2 aliphatic heterocycles. The number of likely N-dealkylation sites (tertiary alicyclic amines) is 1. The van der Waals surface area contributed by atoms with E-state index in [2.05, 4.69) is 31.0 Å². The van der Waals surface area contributed by atoms with Crippen molar-refractivity contribution < 1.29 is 23.4 Å². The summed E-state index contributed by atoms with van der Waals surface area (Å²) in [4.78, 5) is 15.0. The van der Waals surface area contributed by atoms with E-state index in [4.69, 9.17) is 18.6 Å². The second kappa shape index (κ2) is 8.79. The van der Waals surface area contributed by atoms with Crippen molar-refractivity contribution in [2.24, 2.45) is 0 Å². The molecule has 0 N–H and O–H groups in total. The molecule has 0 atom stereocenters. The van der Waals surface area contributed by atoms with E-state index < -0.39 is 5.60 Å². The van der Waals surface area contributed by atoms with Crippen LogP contribution in [0.2, 0.25) is 0 Å². The fourth-order valence-electron chi connectivity index (χ4n) is 4.46. The van der Waals surface area contributed by atoms with Gasteiger partial charge >= 0.3 is 0 Å². The Balaban J connectivity index is 1.24. The van der Waals surface area contributed by atoms with Gasteiger partial charge in [-0.05, 0) is 36.4 Å². The smallest absolute Gasteiger partial charge is 0.247 e. The first-order valence-corrected chi connectivity index (χ1v) is 11.6. The molecule has 0 unspecified atom stereocenters. The Morgan fingerprint density at radius 3 is 2.61 bits per heavy atom. The van der Waals surface area contributed by atoms with E-state index in [1.807, 2.05) is 36.4 Å². The summed E-state index contributed by atoms with van der Waals surface area (Å²) in [6.07, 6.45) is 1.95. The van der Waals surface area contributed by atoms with Crippen LogP contribution >= 0.6 is 15.9 Å². The van der Waals surface area contributed by atoms with Crippen LogP contribution in [0.1, 0.15) is 35.5 Å². The molecular weight excluding hydrogens is 490 g/mol. The molecule has 0 aliphatic carbocycles. The maximum absolute atomic E-state index is 12.7. The van der Waals surface area contributed by atoms with E-state index in [0.717, 1.165) is 36.0 Å². The third kappa shape index (κ3) is 4.35. The quantitative estimate of drug-likeness (QED) is 0.492. The summed E-state index contributed by atoms with van der Waals surface area (Å²) in [5.74, 6) is 3.04. The number of hydrogen-bond acceptors (Lipinski definition) is 8. The summed E-state index contributed by atoms with van der Waals surface area (Å²) in [6, 6.07) is 11.1. The molecule has 0 amide bonds. The summed E-state index contributed by atoms with van der Waals surface area (Å²) < 4.78 is 23.8. The second-order valence-electron chi connectivity index (χ2n) is 8.37. The minimum absolute atomic E-state index is 0.147. The summed E-state index contributed by atoms with van der Waals surface area (Å²) in [7, 11) is 3.18. The first-order chi connectivity index (χ1) is 16.0. The number of hydrogen-bond donors (Lipinski definition) is 0. The minimum atomic E-state index is -0.443. The van der Waals surface area contributed by atoms with Crippen LogP contribution in [0.3, 0.4) is 0 Å². The third-order valence-corrected chi connectivity index (χ3v) is 6.77. The van der Waals surface area contributed by atoms with Crippen LogP contribution in [0.5, 0.6) is 17.2 Å². The highest BCUT2D eigenvalue weighted by atomic mass is 79.9. The predicted octanol–water partition coefficient (Wildman–Crippen LogP) is 4.52. The van der Waals surface area contributed by atoms with Gasteiger partial charge in [-0.15, -0.1) is 10.2 Å². The Hall–Kier alpha value is -2.91. The van der Waals surface area contributed by atoms with Crippen LogP contribution in [0.4, 0.5) is 0 Å². The number of piperidine rings is 1. The Labute approximate surface area is 200 Å². The van der Waals surface area contributed by atoms with Gasteiger partial charge in [0.25, 0.3) is 0 Å². The van der Waals surface area contributed by atoms with Crippen molar-refractivity contribution in [3.8, 4) is 28.7 Å². The standard InChI is InChI=1S/C24H24BrN3O5/c1-30-19-6-3-15(11-21(19)31-2)23-27-26-22(32-23)14-28-9-7-24(8-10-28)13-18(29)17-5-4-16(25)12-20(17)33-24/h3-6,11-12H,7-10,13-14H2,1-2H3. The molecule has 172 valence electrons. The number of Topliss-reactive ketones (excluding diaryl/α,β-unsaturated/α-hetero) is 1. The molecule has 0 radical (unpaired) electrons. The molecule has 9 heteroatoms. The average Bonchev–Trinajstić information content (AvgIpc) is 3.28. The van der Waals surface area contributed by atoms with Crippen LogP contribution < -0.4 is 14.2 Å². The van der Waals surface area contributed by atoms with E-state index >= 15 is 0 Å². The maximum atomic E-state index is 12.7. The number of rotatable bonds is 5. The van der Waals surface area contributed by atoms with Gasteiger partial charge in [-0.25, -0.2) is 0 Å². The lowest BCUT2D eigenvalue weighted by molar-refractivity contribution is -0.0123. The zero-order chi connectivity index (χ0) is 23.0. The fraction of sp³-hybridized carbons (Fsp3) is 0.375. The first kappa shape index (κ1) is 21.9. The topological polar surface area (TPSA) is 86.9 Å². The Kier molecular flexibility index (Phi) is 5.84. The highest BCUT2D eigenvalue weighted by Crippen LogP contribution is 2.40. The van der Waals surface area contributed by atoms with Crippen LogP contribution in [0, 0.1) is 0 Å². The van der Waals surface area contributed by atoms with Gasteiger partial charge in [0.05, 0.1) is 32.7 Å². The van der Waals surface area contributed by atoms with Crippen LogP contribution in [0.25, 0.3) is 11.5 Å². The molecule has 5 rings (SSSR count). The highest BCUT2D eigenvalue weighted by molar-refractivity contribution is 9.10. The van der Waals surface area contributed by atoms with Gasteiger partial charge in [0, 0.05) is 36.0 Å². The van der Waals surface area contributed by atoms with Gasteiger partial charge in [0.2, 0.25) is 11.8 Å². The predicted molar refractivity (Wildman–Crippen MR) is 124 cm³/mol. The van der Waals surface area contributed by atoms with Gasteiger partial charge in [0.1, 0.15) is 11.4 Å². The molecule has 1 aromatic heterocycles. The molecule has 0 bridgehead atoms. The number of fused-ring (bicyclic) bond motifs is 1. The average molecular weight is 514 g/mol. The number of methoxy groups -OCH3 is 2. The lowest BCUT2D eigenvalue weighted by Crippen LogP contribution is -2.50. The van der Waals surface area contributed by atoms with Gasteiger partial charge in [0.15, 0.2) is 17.3 Å². The SMILES string of the molecule is COc1ccc(-c2nnc(CN3CCC4(CC3)CC(=O)c3ccc(Br)cc3O4)o2)cc1OC. The van der Waals surface area contributed by atoms with Crippen LogP contribution in [-0.2, 0) is 6.54 Å². The van der Waals surface area contributed by atoms with E-state index in [-0.39, 0.29) is 5.78 Å². The third-order valence-electron chi connectivity index (χ3n) is 6.28. The number of benzene rings is 2. The molecule has 1 fully saturated rings. The van der Waals surface area contributed by atoms with Crippen molar-refractivity contribution in [1.82, 2.24) is 15.1 Å². The van der Waals surface area contributed by atoms with Crippen molar-refractivity contribution in [3.05, 3.63) is 52.3 Å². The number of aromatic nitrogens is 2. The van der Waals surface area contributed by atoms with E-state index in [1.54, 1.807) is 14.2 Å². The molecule has 1 saturated heterocycles. The maximum Gasteiger partial charge on any atom is 0.247 e. The van der Waals surface area contributed by atoms with Crippen molar-refractivity contribution in [3.63, 3.8) is 0 Å². The summed E-state index contributed by atoms with van der Waals surface area (Å²) >= 11 is 3.47. The lowest BCUT2D eigenvalue weighted by Gasteiger charge is -2.43. The number of carbonyl (C=O) groups is 1. The Morgan fingerprint density at radius 2 is 1.85 bits per heavy atom. The molecule has 1 spiro atoms. The van der Waals surface area contributed by atoms with Gasteiger partial charge in [-0.1, -0.05) is 15.9 Å². The first-order valence-electron chi connectivity index (χ1n) is 10.8. The van der Waals surface area contributed by atoms with E-state index in [0.29, 0.717) is 47.6 Å². The summed E-state index contributed by atoms with van der Waals surface area (Å²) in [5.41, 5.74) is 0.990. The van der Waals surface area contributed by atoms with Crippen LogP contribution in [0.15, 0.2) is 45.3 Å². The molecule has 0 saturated carbocycles. The number of carbonyl (C=O) groups excluding carboxylic acids is 1. The second-order valence-corrected chi connectivity index (χ2v) is 9.29. The lowest BCUT2D eigenvalue weighted by atomic mass is 9.82. The molecule has 8 nitrogen and oxygen atoms in total. The number of nitrogens with zero attached hydrogens (tertiary/aromatic N) is 3. The number of halogens is 1. The van der Waals surface area contributed by atoms with Crippen molar-refractivity contribution in [2.45, 2.75) is 31.4 Å². The minimum Gasteiger partial charge on any atom is -0.493 e. The molecular formula is C24H24BrN3O5. The van der Waals surface area contributed by atoms with Gasteiger partial charge in [-0.2, -0.15) is 0 Å². The Bertz CT molecular complexity index is 1190. The highest BCUT2D eigenvalue weighted by Gasteiger charge is 2.43. The van der Waals surface area contributed by atoms with Crippen molar-refractivity contribution in [1.29, 1.82) is 0 Å². The monoisotopic (exact) mass is 513 g/mol. The number of ether oxygens (including phenoxy) is 3. The van der Waals surface area contributed by atoms with Crippen molar-refractivity contribution >= 4 is 21.7 Å². The Morgan fingerprint density at radius 1 is 1.06 bits per heavy atom. The molecule has 2 aliphatic rings. The zero-order valence-electron chi connectivity index (χ0n) is 18.5. The molecule has 3 aromatic rings.